The molecule has 0 unspecified atom stereocenters. The molecule has 1 aliphatic rings. The molecule has 2 aromatic carbocycles. The number of nitrogens with one attached hydrogen (secondary N) is 2. The van der Waals surface area contributed by atoms with Crippen molar-refractivity contribution in [1.29, 1.82) is 5.26 Å². The zero-order valence-electron chi connectivity index (χ0n) is 18.3. The zero-order valence-corrected chi connectivity index (χ0v) is 20.7. The number of nitrogens with zero attached hydrogens (tertiary/aromatic N) is 2. The Labute approximate surface area is 213 Å². The molecular formula is C25H19BrN4O4S. The van der Waals surface area contributed by atoms with E-state index in [1.807, 2.05) is 0 Å². The van der Waals surface area contributed by atoms with Gasteiger partial charge in [-0.2, -0.15) is 10.4 Å². The maximum Gasteiger partial charge on any atom is 0.343 e. The van der Waals surface area contributed by atoms with Crippen molar-refractivity contribution >= 4 is 56.3 Å². The molecule has 1 aliphatic carbocycles. The van der Waals surface area contributed by atoms with Gasteiger partial charge in [0.05, 0.1) is 17.3 Å². The number of hydrogen-bond donors (Lipinski definition) is 2. The van der Waals surface area contributed by atoms with Gasteiger partial charge in [0.2, 0.25) is 0 Å². The molecule has 0 bridgehead atoms. The van der Waals surface area contributed by atoms with Gasteiger partial charge in [0, 0.05) is 14.9 Å². The number of hydrazone groups is 1. The predicted molar refractivity (Wildman–Crippen MR) is 136 cm³/mol. The van der Waals surface area contributed by atoms with E-state index in [9.17, 15) is 19.6 Å². The van der Waals surface area contributed by atoms with Gasteiger partial charge in [-0.05, 0) is 61.6 Å². The van der Waals surface area contributed by atoms with Gasteiger partial charge in [0.15, 0.2) is 0 Å². The summed E-state index contributed by atoms with van der Waals surface area (Å²) < 4.78 is 6.17. The number of carbonyl (C=O) groups excluding carboxylic acids is 3. The summed E-state index contributed by atoms with van der Waals surface area (Å²) in [5.41, 5.74) is 4.34. The molecule has 0 spiro atoms. The van der Waals surface area contributed by atoms with E-state index in [4.69, 9.17) is 4.74 Å². The van der Waals surface area contributed by atoms with Crippen molar-refractivity contribution in [3.63, 3.8) is 0 Å². The van der Waals surface area contributed by atoms with Crippen LogP contribution in [0.3, 0.4) is 0 Å². The summed E-state index contributed by atoms with van der Waals surface area (Å²) >= 11 is 4.68. The van der Waals surface area contributed by atoms with E-state index in [1.54, 1.807) is 48.5 Å². The lowest BCUT2D eigenvalue weighted by molar-refractivity contribution is -0.136. The van der Waals surface area contributed by atoms with E-state index in [2.05, 4.69) is 37.8 Å². The van der Waals surface area contributed by atoms with Crippen molar-refractivity contribution in [1.82, 2.24) is 5.43 Å². The first-order chi connectivity index (χ1) is 17.0. The Hall–Kier alpha value is -3.81. The summed E-state index contributed by atoms with van der Waals surface area (Å²) in [4.78, 5) is 38.1. The number of anilines is 1. The number of amides is 2. The lowest BCUT2D eigenvalue weighted by atomic mass is 9.96. The van der Waals surface area contributed by atoms with Crippen molar-refractivity contribution in [2.75, 3.05) is 5.32 Å². The Kier molecular flexibility index (Phi) is 7.70. The summed E-state index contributed by atoms with van der Waals surface area (Å²) in [6.07, 6.45) is 4.97. The molecule has 3 aromatic rings. The molecule has 35 heavy (non-hydrogen) atoms. The first kappa shape index (κ1) is 24.3. The normalized spacial score (nSPS) is 12.5. The number of benzene rings is 2. The summed E-state index contributed by atoms with van der Waals surface area (Å²) in [6.45, 7) is 0. The Bertz CT molecular complexity index is 1360. The Morgan fingerprint density at radius 2 is 1.86 bits per heavy atom. The minimum atomic E-state index is -0.991. The minimum Gasteiger partial charge on any atom is -0.422 e. The molecule has 1 heterocycles. The number of esters is 1. The van der Waals surface area contributed by atoms with Crippen LogP contribution in [0.15, 0.2) is 58.1 Å². The van der Waals surface area contributed by atoms with E-state index < -0.39 is 17.8 Å². The number of ether oxygens (including phenoxy) is 1. The Balaban J connectivity index is 1.42. The average Bonchev–Trinajstić information content (AvgIpc) is 3.22. The van der Waals surface area contributed by atoms with Crippen LogP contribution in [0, 0.1) is 11.3 Å². The third-order valence-electron chi connectivity index (χ3n) is 5.27. The average molecular weight is 551 g/mol. The number of fused-ring (bicyclic) bond motifs is 1. The molecule has 2 amide bonds. The number of rotatable bonds is 5. The highest BCUT2D eigenvalue weighted by molar-refractivity contribution is 9.10. The van der Waals surface area contributed by atoms with Crippen LogP contribution in [0.1, 0.15) is 44.8 Å². The van der Waals surface area contributed by atoms with Crippen LogP contribution in [0.4, 0.5) is 5.00 Å². The van der Waals surface area contributed by atoms with Gasteiger partial charge in [-0.25, -0.2) is 10.2 Å². The van der Waals surface area contributed by atoms with Crippen molar-refractivity contribution < 1.29 is 19.1 Å². The van der Waals surface area contributed by atoms with E-state index in [0.29, 0.717) is 26.2 Å². The first-order valence-corrected chi connectivity index (χ1v) is 12.3. The van der Waals surface area contributed by atoms with Gasteiger partial charge in [0.25, 0.3) is 0 Å². The van der Waals surface area contributed by atoms with Gasteiger partial charge >= 0.3 is 17.8 Å². The van der Waals surface area contributed by atoms with Crippen molar-refractivity contribution in [3.05, 3.63) is 80.1 Å². The monoisotopic (exact) mass is 550 g/mol. The number of nitriles is 1. The molecule has 4 rings (SSSR count). The fraction of sp³-hybridized carbons (Fsp3) is 0.160. The maximum absolute atomic E-state index is 12.4. The predicted octanol–water partition coefficient (Wildman–Crippen LogP) is 4.57. The fourth-order valence-corrected chi connectivity index (χ4v) is 5.20. The third kappa shape index (κ3) is 5.82. The number of thiophene rings is 1. The molecule has 0 saturated heterocycles. The fourth-order valence-electron chi connectivity index (χ4n) is 3.59. The summed E-state index contributed by atoms with van der Waals surface area (Å²) in [5.74, 6) is -2.23. The van der Waals surface area contributed by atoms with E-state index in [0.717, 1.165) is 36.1 Å². The third-order valence-corrected chi connectivity index (χ3v) is 6.97. The number of aryl methyl sites for hydroxylation is 1. The lowest BCUT2D eigenvalue weighted by Crippen LogP contribution is -2.32. The second kappa shape index (κ2) is 11.1. The number of halogens is 1. The number of carbonyl (C=O) groups is 3. The van der Waals surface area contributed by atoms with Crippen molar-refractivity contribution in [3.8, 4) is 11.8 Å². The van der Waals surface area contributed by atoms with Crippen LogP contribution in [0.5, 0.6) is 5.75 Å². The summed E-state index contributed by atoms with van der Waals surface area (Å²) in [6, 6.07) is 15.6. The Morgan fingerprint density at radius 1 is 1.09 bits per heavy atom. The van der Waals surface area contributed by atoms with Gasteiger partial charge in [0.1, 0.15) is 16.8 Å². The molecule has 10 heteroatoms. The van der Waals surface area contributed by atoms with Crippen LogP contribution >= 0.6 is 27.3 Å². The van der Waals surface area contributed by atoms with Gasteiger partial charge in [-0.15, -0.1) is 11.3 Å². The van der Waals surface area contributed by atoms with Crippen LogP contribution in [-0.2, 0) is 22.4 Å². The van der Waals surface area contributed by atoms with Gasteiger partial charge < -0.3 is 10.1 Å². The topological polar surface area (TPSA) is 121 Å². The van der Waals surface area contributed by atoms with Crippen LogP contribution in [-0.4, -0.2) is 24.0 Å². The number of hydrogen-bond acceptors (Lipinski definition) is 7. The highest BCUT2D eigenvalue weighted by Crippen LogP contribution is 2.37. The van der Waals surface area contributed by atoms with Crippen LogP contribution in [0.25, 0.3) is 0 Å². The summed E-state index contributed by atoms with van der Waals surface area (Å²) in [5, 5.41) is 16.2. The second-order valence-corrected chi connectivity index (χ2v) is 9.64. The molecular weight excluding hydrogens is 532 g/mol. The summed E-state index contributed by atoms with van der Waals surface area (Å²) in [7, 11) is 0. The molecule has 1 aromatic heterocycles. The standard InChI is InChI=1S/C25H19BrN4O4S/c26-17-10-11-20(34-25(33)15-6-2-1-3-7-15)16(12-17)14-28-30-23(32)22(31)29-24-19(13-27)18-8-4-5-9-21(18)35-24/h1-3,6-7,10-12,14H,4-5,8-9H2,(H,29,31)(H,30,32)/b28-14-. The Morgan fingerprint density at radius 3 is 2.63 bits per heavy atom. The van der Waals surface area contributed by atoms with Gasteiger partial charge in [-0.1, -0.05) is 34.1 Å². The SMILES string of the molecule is N#Cc1c(NC(=O)C(=O)N/N=C\c2cc(Br)ccc2OC(=O)c2ccccc2)sc2c1CCCC2. The van der Waals surface area contributed by atoms with E-state index in [-0.39, 0.29) is 5.75 Å². The second-order valence-electron chi connectivity index (χ2n) is 7.62. The molecule has 2 N–H and O–H groups in total. The maximum atomic E-state index is 12.4. The molecule has 0 atom stereocenters. The molecule has 176 valence electrons. The van der Waals surface area contributed by atoms with Crippen molar-refractivity contribution in [2.24, 2.45) is 5.10 Å². The van der Waals surface area contributed by atoms with E-state index in [1.165, 1.54) is 17.6 Å². The largest absolute Gasteiger partial charge is 0.422 e. The van der Waals surface area contributed by atoms with Crippen molar-refractivity contribution in [2.45, 2.75) is 25.7 Å². The lowest BCUT2D eigenvalue weighted by Gasteiger charge is -2.09. The smallest absolute Gasteiger partial charge is 0.343 e. The first-order valence-electron chi connectivity index (χ1n) is 10.7. The molecule has 0 radical (unpaired) electrons. The van der Waals surface area contributed by atoms with Crippen LogP contribution < -0.4 is 15.5 Å². The minimum absolute atomic E-state index is 0.229. The molecule has 0 aliphatic heterocycles. The van der Waals surface area contributed by atoms with Gasteiger partial charge in [-0.3, -0.25) is 9.59 Å². The molecule has 0 saturated carbocycles. The molecule has 0 fully saturated rings. The quantitative estimate of drug-likeness (QED) is 0.158. The highest BCUT2D eigenvalue weighted by atomic mass is 79.9. The van der Waals surface area contributed by atoms with E-state index >= 15 is 0 Å². The van der Waals surface area contributed by atoms with Crippen LogP contribution in [0.2, 0.25) is 0 Å². The zero-order chi connectivity index (χ0) is 24.8. The highest BCUT2D eigenvalue weighted by Gasteiger charge is 2.23. The molecule has 8 nitrogen and oxygen atoms in total.